The number of furan rings is 1. The van der Waals surface area contributed by atoms with Crippen molar-refractivity contribution in [2.75, 3.05) is 12.1 Å². The highest BCUT2D eigenvalue weighted by Gasteiger charge is 2.14. The first-order valence-corrected chi connectivity index (χ1v) is 6.25. The Balaban J connectivity index is 1.64. The first-order valence-electron chi connectivity index (χ1n) is 6.25. The maximum atomic E-state index is 11.8. The van der Waals surface area contributed by atoms with E-state index in [2.05, 4.69) is 5.32 Å². The molecule has 1 N–H and O–H groups in total. The number of anilines is 1. The van der Waals surface area contributed by atoms with Crippen LogP contribution in [0.2, 0.25) is 0 Å². The summed E-state index contributed by atoms with van der Waals surface area (Å²) >= 11 is 0. The topological polar surface area (TPSA) is 104 Å². The summed E-state index contributed by atoms with van der Waals surface area (Å²) in [5, 5.41) is 13.1. The van der Waals surface area contributed by atoms with E-state index in [-0.39, 0.29) is 18.4 Å². The predicted octanol–water partition coefficient (Wildman–Crippen LogP) is 2.57. The van der Waals surface area contributed by atoms with Crippen molar-refractivity contribution in [1.82, 2.24) is 0 Å². The fourth-order valence-electron chi connectivity index (χ4n) is 1.85. The average Bonchev–Trinajstić information content (AvgIpc) is 3.13. The van der Waals surface area contributed by atoms with E-state index in [1.165, 1.54) is 24.3 Å². The zero-order valence-electron chi connectivity index (χ0n) is 11.1. The van der Waals surface area contributed by atoms with Crippen molar-refractivity contribution in [3.63, 3.8) is 0 Å². The number of ether oxygens (including phenoxy) is 2. The summed E-state index contributed by atoms with van der Waals surface area (Å²) in [7, 11) is 0. The molecular weight excluding hydrogens is 292 g/mol. The summed E-state index contributed by atoms with van der Waals surface area (Å²) in [5.41, 5.74) is 0.546. The third-order valence-electron chi connectivity index (χ3n) is 2.83. The third kappa shape index (κ3) is 2.90. The van der Waals surface area contributed by atoms with Crippen LogP contribution in [0.1, 0.15) is 5.76 Å². The summed E-state index contributed by atoms with van der Waals surface area (Å²) in [5.74, 6) is 0.612. The maximum absolute atomic E-state index is 11.8. The monoisotopic (exact) mass is 302 g/mol. The molecule has 1 aromatic heterocycles. The second-order valence-corrected chi connectivity index (χ2v) is 4.32. The van der Waals surface area contributed by atoms with Crippen LogP contribution in [0.5, 0.6) is 11.5 Å². The molecule has 1 aliphatic heterocycles. The lowest BCUT2D eigenvalue weighted by atomic mass is 10.2. The molecular formula is C14H10N2O6. The van der Waals surface area contributed by atoms with E-state index < -0.39 is 10.8 Å². The molecule has 8 heteroatoms. The van der Waals surface area contributed by atoms with Crippen LogP contribution in [0.25, 0.3) is 6.08 Å². The number of hydrogen-bond donors (Lipinski definition) is 1. The lowest BCUT2D eigenvalue weighted by Gasteiger charge is -2.03. The van der Waals surface area contributed by atoms with Crippen LogP contribution in [-0.4, -0.2) is 17.6 Å². The van der Waals surface area contributed by atoms with E-state index in [1.54, 1.807) is 18.2 Å². The minimum atomic E-state index is -0.649. The van der Waals surface area contributed by atoms with E-state index in [1.807, 2.05) is 0 Å². The number of fused-ring (bicyclic) bond motifs is 1. The van der Waals surface area contributed by atoms with Gasteiger partial charge in [-0.25, -0.2) is 0 Å². The van der Waals surface area contributed by atoms with E-state index in [0.717, 1.165) is 0 Å². The van der Waals surface area contributed by atoms with Gasteiger partial charge in [0.05, 0.1) is 6.07 Å². The number of carbonyl (C=O) groups is 1. The summed E-state index contributed by atoms with van der Waals surface area (Å²) in [6, 6.07) is 7.64. The van der Waals surface area contributed by atoms with Crippen molar-refractivity contribution in [3.05, 3.63) is 52.3 Å². The fraction of sp³-hybridized carbons (Fsp3) is 0.0714. The minimum Gasteiger partial charge on any atom is -0.454 e. The van der Waals surface area contributed by atoms with Crippen LogP contribution < -0.4 is 14.8 Å². The largest absolute Gasteiger partial charge is 0.454 e. The number of amides is 1. The zero-order valence-corrected chi connectivity index (χ0v) is 11.1. The van der Waals surface area contributed by atoms with Crippen molar-refractivity contribution in [3.8, 4) is 11.5 Å². The van der Waals surface area contributed by atoms with Crippen molar-refractivity contribution >= 4 is 23.6 Å². The Labute approximate surface area is 124 Å². The first kappa shape index (κ1) is 13.7. The Morgan fingerprint density at radius 1 is 1.23 bits per heavy atom. The second-order valence-electron chi connectivity index (χ2n) is 4.32. The number of hydrogen-bond acceptors (Lipinski definition) is 6. The quantitative estimate of drug-likeness (QED) is 0.529. The van der Waals surface area contributed by atoms with Gasteiger partial charge >= 0.3 is 5.88 Å². The Morgan fingerprint density at radius 3 is 2.82 bits per heavy atom. The predicted molar refractivity (Wildman–Crippen MR) is 75.6 cm³/mol. The number of nitrogens with one attached hydrogen (secondary N) is 1. The minimum absolute atomic E-state index is 0.157. The molecule has 1 aromatic carbocycles. The molecule has 0 spiro atoms. The summed E-state index contributed by atoms with van der Waals surface area (Å²) in [6.45, 7) is 0.157. The lowest BCUT2D eigenvalue weighted by molar-refractivity contribution is -0.402. The molecule has 0 saturated heterocycles. The van der Waals surface area contributed by atoms with E-state index in [9.17, 15) is 14.9 Å². The van der Waals surface area contributed by atoms with Crippen LogP contribution in [0, 0.1) is 10.1 Å². The van der Waals surface area contributed by atoms with Gasteiger partial charge in [-0.15, -0.1) is 0 Å². The first-order chi connectivity index (χ1) is 10.6. The smallest absolute Gasteiger partial charge is 0.433 e. The van der Waals surface area contributed by atoms with Gasteiger partial charge in [-0.2, -0.15) is 0 Å². The molecule has 22 heavy (non-hydrogen) atoms. The van der Waals surface area contributed by atoms with Crippen molar-refractivity contribution in [2.45, 2.75) is 0 Å². The van der Waals surface area contributed by atoms with Gasteiger partial charge in [0.2, 0.25) is 12.7 Å². The number of carbonyl (C=O) groups excluding carboxylic acids is 1. The Bertz CT molecular complexity index is 764. The van der Waals surface area contributed by atoms with Crippen molar-refractivity contribution in [1.29, 1.82) is 0 Å². The van der Waals surface area contributed by atoms with E-state index >= 15 is 0 Å². The number of rotatable bonds is 4. The molecule has 3 rings (SSSR count). The van der Waals surface area contributed by atoms with Gasteiger partial charge < -0.3 is 19.2 Å². The number of benzene rings is 1. The van der Waals surface area contributed by atoms with Crippen LogP contribution >= 0.6 is 0 Å². The molecule has 2 heterocycles. The molecule has 8 nitrogen and oxygen atoms in total. The van der Waals surface area contributed by atoms with Gasteiger partial charge in [0.1, 0.15) is 10.7 Å². The Kier molecular flexibility index (Phi) is 3.48. The van der Waals surface area contributed by atoms with Gasteiger partial charge in [-0.05, 0) is 24.3 Å². The highest BCUT2D eigenvalue weighted by atomic mass is 16.7. The standard InChI is InChI=1S/C14H10N2O6/c17-13(5-2-10-3-6-14(22-10)16(18)19)15-9-1-4-11-12(7-9)21-8-20-11/h1-7H,8H2,(H,15,17)/b5-2+. The molecule has 112 valence electrons. The van der Waals surface area contributed by atoms with Crippen LogP contribution in [-0.2, 0) is 4.79 Å². The van der Waals surface area contributed by atoms with E-state index in [4.69, 9.17) is 13.9 Å². The third-order valence-corrected chi connectivity index (χ3v) is 2.83. The highest BCUT2D eigenvalue weighted by Crippen LogP contribution is 2.34. The van der Waals surface area contributed by atoms with Crippen LogP contribution in [0.4, 0.5) is 11.6 Å². The van der Waals surface area contributed by atoms with Gasteiger partial charge in [0.15, 0.2) is 11.5 Å². The number of nitrogens with zero attached hydrogens (tertiary/aromatic N) is 1. The van der Waals surface area contributed by atoms with Gasteiger partial charge in [0, 0.05) is 17.8 Å². The Morgan fingerprint density at radius 2 is 2.05 bits per heavy atom. The molecule has 1 amide bonds. The van der Waals surface area contributed by atoms with Gasteiger partial charge in [-0.1, -0.05) is 0 Å². The van der Waals surface area contributed by atoms with Gasteiger partial charge in [-0.3, -0.25) is 14.9 Å². The molecule has 0 radical (unpaired) electrons. The second kappa shape index (κ2) is 5.60. The molecule has 1 aliphatic rings. The zero-order chi connectivity index (χ0) is 15.5. The Hall–Kier alpha value is -3.29. The van der Waals surface area contributed by atoms with Crippen molar-refractivity contribution < 1.29 is 23.6 Å². The molecule has 0 bridgehead atoms. The van der Waals surface area contributed by atoms with E-state index in [0.29, 0.717) is 17.2 Å². The summed E-state index contributed by atoms with van der Waals surface area (Å²) < 4.78 is 15.3. The summed E-state index contributed by atoms with van der Waals surface area (Å²) in [6.07, 6.45) is 2.56. The van der Waals surface area contributed by atoms with Crippen LogP contribution in [0.3, 0.4) is 0 Å². The molecule has 0 unspecified atom stereocenters. The highest BCUT2D eigenvalue weighted by molar-refractivity contribution is 6.01. The average molecular weight is 302 g/mol. The molecule has 0 saturated carbocycles. The fourth-order valence-corrected chi connectivity index (χ4v) is 1.85. The number of nitro groups is 1. The normalized spacial score (nSPS) is 12.5. The molecule has 2 aromatic rings. The van der Waals surface area contributed by atoms with Gasteiger partial charge in [0.25, 0.3) is 0 Å². The molecule has 0 aliphatic carbocycles. The molecule has 0 atom stereocenters. The van der Waals surface area contributed by atoms with Crippen molar-refractivity contribution in [2.24, 2.45) is 0 Å². The lowest BCUT2D eigenvalue weighted by Crippen LogP contribution is -2.07. The maximum Gasteiger partial charge on any atom is 0.433 e. The summed E-state index contributed by atoms with van der Waals surface area (Å²) in [4.78, 5) is 21.6. The van der Waals surface area contributed by atoms with Crippen LogP contribution in [0.15, 0.2) is 40.8 Å². The SMILES string of the molecule is O=C(/C=C/c1ccc([N+](=O)[O-])o1)Nc1ccc2c(c1)OCO2. The molecule has 0 fully saturated rings.